The number of rotatable bonds is 8. The molecule has 3 aromatic carbocycles. The van der Waals surface area contributed by atoms with E-state index >= 15 is 0 Å². The summed E-state index contributed by atoms with van der Waals surface area (Å²) in [4.78, 5) is 39.0. The lowest BCUT2D eigenvalue weighted by Crippen LogP contribution is -2.44. The highest BCUT2D eigenvalue weighted by Gasteiger charge is 2.33. The molecule has 190 valence electrons. The Bertz CT molecular complexity index is 1450. The van der Waals surface area contributed by atoms with Gasteiger partial charge in [0.15, 0.2) is 11.2 Å². The molecule has 3 amide bonds. The Labute approximate surface area is 226 Å². The van der Waals surface area contributed by atoms with Crippen molar-refractivity contribution in [3.63, 3.8) is 0 Å². The lowest BCUT2D eigenvalue weighted by atomic mass is 10.2. The Morgan fingerprint density at radius 1 is 0.921 bits per heavy atom. The molecule has 8 heteroatoms. The van der Waals surface area contributed by atoms with E-state index in [0.717, 1.165) is 5.56 Å². The molecular formula is C30H26ClN4O3+. The summed E-state index contributed by atoms with van der Waals surface area (Å²) in [5.41, 5.74) is 5.19. The Balaban J connectivity index is 1.52. The van der Waals surface area contributed by atoms with E-state index in [1.165, 1.54) is 15.7 Å². The van der Waals surface area contributed by atoms with Crippen LogP contribution in [0.4, 0.5) is 5.69 Å². The minimum atomic E-state index is -0.579. The molecule has 0 saturated carbocycles. The van der Waals surface area contributed by atoms with Crippen LogP contribution >= 0.6 is 11.6 Å². The quantitative estimate of drug-likeness (QED) is 0.192. The van der Waals surface area contributed by atoms with Crippen LogP contribution in [-0.2, 0) is 9.59 Å². The Morgan fingerprint density at radius 3 is 2.18 bits per heavy atom. The van der Waals surface area contributed by atoms with Crippen molar-refractivity contribution in [3.8, 4) is 0 Å². The maximum absolute atomic E-state index is 13.2. The zero-order chi connectivity index (χ0) is 26.9. The van der Waals surface area contributed by atoms with Gasteiger partial charge in [-0.2, -0.15) is 0 Å². The Kier molecular flexibility index (Phi) is 8.64. The Morgan fingerprint density at radius 2 is 1.53 bits per heavy atom. The fraction of sp³-hybridized carbons (Fsp3) is 0.0667. The second-order valence-electron chi connectivity index (χ2n) is 8.33. The van der Waals surface area contributed by atoms with Gasteiger partial charge in [0.25, 0.3) is 11.8 Å². The molecule has 0 bridgehead atoms. The first kappa shape index (κ1) is 26.3. The third kappa shape index (κ3) is 6.52. The highest BCUT2D eigenvalue weighted by Crippen LogP contribution is 2.24. The number of hydrogen-bond donors (Lipinski definition) is 2. The van der Waals surface area contributed by atoms with Crippen molar-refractivity contribution in [3.05, 3.63) is 131 Å². The first-order valence-corrected chi connectivity index (χ1v) is 12.3. The monoisotopic (exact) mass is 525 g/mol. The molecule has 0 fully saturated rings. The normalized spacial score (nSPS) is 13.8. The van der Waals surface area contributed by atoms with Crippen molar-refractivity contribution < 1.29 is 19.0 Å². The molecule has 0 aliphatic carbocycles. The highest BCUT2D eigenvalue weighted by molar-refractivity contribution is 6.42. The molecule has 0 atom stereocenters. The number of benzene rings is 3. The van der Waals surface area contributed by atoms with E-state index in [9.17, 15) is 14.4 Å². The Hall–Kier alpha value is -4.75. The number of halogens is 1. The third-order valence-electron chi connectivity index (χ3n) is 5.72. The topological polar surface area (TPSA) is 81.5 Å². The lowest BCUT2D eigenvalue weighted by molar-refractivity contribution is -0.359. The molecule has 3 aromatic rings. The number of hydrogen-bond acceptors (Lipinski definition) is 4. The van der Waals surface area contributed by atoms with Crippen LogP contribution in [0.25, 0.3) is 6.08 Å². The predicted octanol–water partition coefficient (Wildman–Crippen LogP) is 4.77. The minimum Gasteiger partial charge on any atom is -0.317 e. The van der Waals surface area contributed by atoms with E-state index in [1.54, 1.807) is 49.7 Å². The zero-order valence-corrected chi connectivity index (χ0v) is 21.4. The van der Waals surface area contributed by atoms with Crippen LogP contribution in [0.1, 0.15) is 22.3 Å². The molecule has 0 unspecified atom stereocenters. The minimum absolute atomic E-state index is 0.0121. The van der Waals surface area contributed by atoms with Crippen LogP contribution in [-0.4, -0.2) is 40.6 Å². The first-order valence-electron chi connectivity index (χ1n) is 11.9. The molecule has 0 radical (unpaired) electrons. The third-order valence-corrected chi connectivity index (χ3v) is 6.10. The summed E-state index contributed by atoms with van der Waals surface area (Å²) >= 11 is 6.43. The number of nitrogens with zero attached hydrogens (tertiary/aromatic N) is 2. The summed E-state index contributed by atoms with van der Waals surface area (Å²) in [7, 11) is 1.59. The van der Waals surface area contributed by atoms with Gasteiger partial charge in [-0.25, -0.2) is 4.79 Å². The average Bonchev–Trinajstić information content (AvgIpc) is 2.95. The second-order valence-corrected chi connectivity index (χ2v) is 8.71. The molecule has 38 heavy (non-hydrogen) atoms. The molecular weight excluding hydrogens is 500 g/mol. The molecule has 1 aliphatic heterocycles. The van der Waals surface area contributed by atoms with Crippen molar-refractivity contribution in [1.82, 2.24) is 15.8 Å². The van der Waals surface area contributed by atoms with Gasteiger partial charge in [0.05, 0.1) is 12.1 Å². The van der Waals surface area contributed by atoms with Crippen molar-refractivity contribution in [2.75, 3.05) is 7.05 Å². The lowest BCUT2D eigenvalue weighted by Gasteiger charge is -2.24. The molecule has 4 rings (SSSR count). The number of allylic oxidation sites excluding steroid dienone is 3. The van der Waals surface area contributed by atoms with Gasteiger partial charge in [0.1, 0.15) is 5.70 Å². The number of carbonyl (C=O) groups excluding carboxylic acids is 3. The van der Waals surface area contributed by atoms with Crippen LogP contribution in [0.15, 0.2) is 120 Å². The summed E-state index contributed by atoms with van der Waals surface area (Å²) in [5, 5.41) is 4.06. The van der Waals surface area contributed by atoms with Crippen LogP contribution in [0.3, 0.4) is 0 Å². The number of hydrazine groups is 1. The van der Waals surface area contributed by atoms with Gasteiger partial charge >= 0.3 is 5.91 Å². The van der Waals surface area contributed by atoms with Crippen molar-refractivity contribution in [2.24, 2.45) is 0 Å². The first-order chi connectivity index (χ1) is 18.4. The zero-order valence-electron chi connectivity index (χ0n) is 20.7. The maximum Gasteiger partial charge on any atom is 0.438 e. The van der Waals surface area contributed by atoms with Gasteiger partial charge in [-0.3, -0.25) is 20.0 Å². The van der Waals surface area contributed by atoms with E-state index in [1.807, 2.05) is 66.7 Å². The van der Waals surface area contributed by atoms with E-state index in [2.05, 4.69) is 10.7 Å². The van der Waals surface area contributed by atoms with Gasteiger partial charge in [-0.1, -0.05) is 90.5 Å². The molecule has 7 nitrogen and oxygen atoms in total. The SMILES string of the molecule is CN(NC(=O)/C(=C\C=C/c1ccccc1)NC(=O)c1ccccc1)C1=C(Cl)C(=O)[N+](c2ccccc2)=CC1. The van der Waals surface area contributed by atoms with Crippen molar-refractivity contribution in [2.45, 2.75) is 6.42 Å². The average molecular weight is 526 g/mol. The van der Waals surface area contributed by atoms with Crippen molar-refractivity contribution in [1.29, 1.82) is 0 Å². The van der Waals surface area contributed by atoms with Crippen LogP contribution in [0, 0.1) is 0 Å². The largest absolute Gasteiger partial charge is 0.438 e. The summed E-state index contributed by atoms with van der Waals surface area (Å²) in [6.45, 7) is 0. The summed E-state index contributed by atoms with van der Waals surface area (Å²) < 4.78 is 1.47. The summed E-state index contributed by atoms with van der Waals surface area (Å²) in [5.74, 6) is -1.41. The molecule has 2 N–H and O–H groups in total. The van der Waals surface area contributed by atoms with Crippen LogP contribution < -0.4 is 10.7 Å². The summed E-state index contributed by atoms with van der Waals surface area (Å²) in [6.07, 6.45) is 7.02. The second kappa shape index (κ2) is 12.5. The van der Waals surface area contributed by atoms with Gasteiger partial charge in [0.2, 0.25) is 5.69 Å². The standard InChI is InChI=1S/C30H25ClN4O3/c1-34(26-20-21-35(30(38)27(26)31)24-17-9-4-10-18-24)33-29(37)25(19-11-14-22-12-5-2-6-13-22)32-28(36)23-15-7-3-8-16-23/h2-19,21H,20H2,1H3,(H-,32,33,36,37)/p+1/b14-11-,25-19+. The van der Waals surface area contributed by atoms with E-state index in [4.69, 9.17) is 11.6 Å². The van der Waals surface area contributed by atoms with Gasteiger partial charge < -0.3 is 5.32 Å². The van der Waals surface area contributed by atoms with E-state index < -0.39 is 17.7 Å². The number of nitrogens with one attached hydrogen (secondary N) is 2. The maximum atomic E-state index is 13.2. The fourth-order valence-corrected chi connectivity index (χ4v) is 4.03. The number of para-hydroxylation sites is 1. The molecule has 1 aliphatic rings. The van der Waals surface area contributed by atoms with Crippen LogP contribution in [0.5, 0.6) is 0 Å². The van der Waals surface area contributed by atoms with Gasteiger partial charge in [0, 0.05) is 24.7 Å². The predicted molar refractivity (Wildman–Crippen MR) is 148 cm³/mol. The van der Waals surface area contributed by atoms with E-state index in [0.29, 0.717) is 23.4 Å². The molecule has 0 aromatic heterocycles. The van der Waals surface area contributed by atoms with E-state index in [-0.39, 0.29) is 10.7 Å². The van der Waals surface area contributed by atoms with Gasteiger partial charge in [-0.15, -0.1) is 4.58 Å². The number of carbonyl (C=O) groups is 3. The number of amides is 3. The van der Waals surface area contributed by atoms with Crippen LogP contribution in [0.2, 0.25) is 0 Å². The van der Waals surface area contributed by atoms with Crippen molar-refractivity contribution >= 4 is 47.3 Å². The molecule has 1 heterocycles. The molecule has 0 spiro atoms. The fourth-order valence-electron chi connectivity index (χ4n) is 3.73. The smallest absolute Gasteiger partial charge is 0.317 e. The summed E-state index contributed by atoms with van der Waals surface area (Å²) in [6, 6.07) is 27.3. The van der Waals surface area contributed by atoms with Gasteiger partial charge in [-0.05, 0) is 23.8 Å². The highest BCUT2D eigenvalue weighted by atomic mass is 35.5. The molecule has 0 saturated heterocycles.